The zero-order chi connectivity index (χ0) is 7.68. The molecule has 2 nitrogen and oxygen atoms in total. The monoisotopic (exact) mass is 169 g/mol. The molecule has 0 aliphatic carbocycles. The van der Waals surface area contributed by atoms with Crippen molar-refractivity contribution in [3.05, 3.63) is 21.9 Å². The van der Waals surface area contributed by atoms with Gasteiger partial charge in [0.15, 0.2) is 0 Å². The number of fused-ring (bicyclic) bond motifs is 1. The number of β-amino-alcohol motifs (C(OH)–C–C–N with tert-alkyl or cyclic N) is 1. The Labute approximate surface area is 69.9 Å². The molecule has 2 heterocycles. The molecular formula is C8H11NOS. The van der Waals surface area contributed by atoms with Gasteiger partial charge in [0.05, 0.1) is 6.10 Å². The summed E-state index contributed by atoms with van der Waals surface area (Å²) in [4.78, 5) is 1.34. The van der Waals surface area contributed by atoms with Crippen LogP contribution >= 0.6 is 11.3 Å². The number of aliphatic hydroxyl groups excluding tert-OH is 1. The van der Waals surface area contributed by atoms with Gasteiger partial charge in [-0.05, 0) is 23.4 Å². The Morgan fingerprint density at radius 2 is 2.55 bits per heavy atom. The molecule has 0 fully saturated rings. The molecule has 1 atom stereocenters. The van der Waals surface area contributed by atoms with Crippen molar-refractivity contribution in [3.63, 3.8) is 0 Å². The van der Waals surface area contributed by atoms with E-state index >= 15 is 0 Å². The molecule has 0 unspecified atom stereocenters. The quantitative estimate of drug-likeness (QED) is 0.605. The van der Waals surface area contributed by atoms with Gasteiger partial charge in [0.25, 0.3) is 0 Å². The summed E-state index contributed by atoms with van der Waals surface area (Å²) < 4.78 is 0. The summed E-state index contributed by atoms with van der Waals surface area (Å²) in [6, 6.07) is 2.03. The van der Waals surface area contributed by atoms with Gasteiger partial charge in [-0.15, -0.1) is 11.3 Å². The normalized spacial score (nSPS) is 24.3. The Kier molecular flexibility index (Phi) is 1.94. The molecule has 0 bridgehead atoms. The van der Waals surface area contributed by atoms with Crippen molar-refractivity contribution in [3.8, 4) is 0 Å². The number of hydrogen-bond acceptors (Lipinski definition) is 3. The van der Waals surface area contributed by atoms with E-state index in [4.69, 9.17) is 0 Å². The maximum Gasteiger partial charge on any atom is 0.0925 e. The predicted molar refractivity (Wildman–Crippen MR) is 45.9 cm³/mol. The van der Waals surface area contributed by atoms with Crippen LogP contribution < -0.4 is 5.32 Å². The second-order valence-corrected chi connectivity index (χ2v) is 3.77. The second kappa shape index (κ2) is 2.93. The van der Waals surface area contributed by atoms with Crippen LogP contribution in [0, 0.1) is 0 Å². The average molecular weight is 169 g/mol. The summed E-state index contributed by atoms with van der Waals surface area (Å²) >= 11 is 1.74. The van der Waals surface area contributed by atoms with Crippen molar-refractivity contribution in [2.24, 2.45) is 0 Å². The first-order valence-electron chi connectivity index (χ1n) is 3.83. The summed E-state index contributed by atoms with van der Waals surface area (Å²) in [6.07, 6.45) is 0.767. The zero-order valence-corrected chi connectivity index (χ0v) is 7.03. The highest BCUT2D eigenvalue weighted by atomic mass is 32.1. The maximum absolute atomic E-state index is 9.57. The van der Waals surface area contributed by atoms with Gasteiger partial charge in [-0.1, -0.05) is 0 Å². The van der Waals surface area contributed by atoms with E-state index in [1.165, 1.54) is 4.88 Å². The van der Waals surface area contributed by atoms with Crippen LogP contribution in [0.5, 0.6) is 0 Å². The third kappa shape index (κ3) is 1.31. The van der Waals surface area contributed by atoms with Crippen molar-refractivity contribution < 1.29 is 5.11 Å². The number of nitrogens with one attached hydrogen (secondary N) is 1. The van der Waals surface area contributed by atoms with Crippen LogP contribution in [0.15, 0.2) is 11.4 Å². The van der Waals surface area contributed by atoms with Crippen LogP contribution in [0.4, 0.5) is 0 Å². The lowest BCUT2D eigenvalue weighted by Gasteiger charge is -2.05. The lowest BCUT2D eigenvalue weighted by Crippen LogP contribution is -2.19. The highest BCUT2D eigenvalue weighted by Gasteiger charge is 2.15. The summed E-state index contributed by atoms with van der Waals surface area (Å²) in [7, 11) is 0. The van der Waals surface area contributed by atoms with Crippen molar-refractivity contribution in [2.75, 3.05) is 13.1 Å². The third-order valence-electron chi connectivity index (χ3n) is 2.01. The van der Waals surface area contributed by atoms with E-state index in [1.54, 1.807) is 11.3 Å². The van der Waals surface area contributed by atoms with Crippen LogP contribution in [0.25, 0.3) is 0 Å². The fraction of sp³-hybridized carbons (Fsp3) is 0.500. The first-order valence-corrected chi connectivity index (χ1v) is 4.71. The fourth-order valence-electron chi connectivity index (χ4n) is 1.40. The van der Waals surface area contributed by atoms with Crippen molar-refractivity contribution in [2.45, 2.75) is 12.5 Å². The number of aliphatic hydroxyl groups is 1. The molecule has 2 N–H and O–H groups in total. The predicted octanol–water partition coefficient (Wildman–Crippen LogP) is 0.927. The second-order valence-electron chi connectivity index (χ2n) is 2.77. The molecular weight excluding hydrogens is 158 g/mol. The minimum atomic E-state index is -0.293. The largest absolute Gasteiger partial charge is 0.387 e. The minimum absolute atomic E-state index is 0.293. The molecule has 0 radical (unpaired) electrons. The van der Waals surface area contributed by atoms with E-state index in [-0.39, 0.29) is 6.10 Å². The van der Waals surface area contributed by atoms with Crippen LogP contribution in [0.2, 0.25) is 0 Å². The first kappa shape index (κ1) is 7.28. The van der Waals surface area contributed by atoms with Gasteiger partial charge in [0.1, 0.15) is 0 Å². The molecule has 1 aliphatic heterocycles. The van der Waals surface area contributed by atoms with Gasteiger partial charge in [0.2, 0.25) is 0 Å². The topological polar surface area (TPSA) is 32.3 Å². The van der Waals surface area contributed by atoms with Gasteiger partial charge in [-0.25, -0.2) is 0 Å². The minimum Gasteiger partial charge on any atom is -0.387 e. The van der Waals surface area contributed by atoms with Gasteiger partial charge >= 0.3 is 0 Å². The van der Waals surface area contributed by atoms with E-state index in [0.29, 0.717) is 6.54 Å². The SMILES string of the molecule is O[C@H]1CNCCc2sccc21. The third-order valence-corrected chi connectivity index (χ3v) is 3.00. The molecule has 11 heavy (non-hydrogen) atoms. The van der Waals surface area contributed by atoms with Gasteiger partial charge in [-0.2, -0.15) is 0 Å². The average Bonchev–Trinajstić information content (AvgIpc) is 2.40. The van der Waals surface area contributed by atoms with Crippen LogP contribution in [0.1, 0.15) is 16.5 Å². The van der Waals surface area contributed by atoms with E-state index in [0.717, 1.165) is 18.5 Å². The van der Waals surface area contributed by atoms with E-state index < -0.39 is 0 Å². The van der Waals surface area contributed by atoms with Gasteiger partial charge in [0, 0.05) is 18.0 Å². The Bertz CT molecular complexity index is 246. The van der Waals surface area contributed by atoms with Crippen LogP contribution in [-0.2, 0) is 6.42 Å². The summed E-state index contributed by atoms with van der Waals surface area (Å²) in [5.41, 5.74) is 1.13. The summed E-state index contributed by atoms with van der Waals surface area (Å²) in [6.45, 7) is 1.69. The molecule has 3 heteroatoms. The molecule has 2 rings (SSSR count). The molecule has 1 aromatic rings. The van der Waals surface area contributed by atoms with E-state index in [1.807, 2.05) is 6.07 Å². The molecule has 1 aromatic heterocycles. The number of thiophene rings is 1. The molecule has 0 amide bonds. The zero-order valence-electron chi connectivity index (χ0n) is 6.21. The molecule has 0 saturated carbocycles. The Morgan fingerprint density at radius 3 is 3.45 bits per heavy atom. The molecule has 1 aliphatic rings. The van der Waals surface area contributed by atoms with Gasteiger partial charge < -0.3 is 10.4 Å². The van der Waals surface area contributed by atoms with Crippen LogP contribution in [-0.4, -0.2) is 18.2 Å². The highest BCUT2D eigenvalue weighted by molar-refractivity contribution is 7.10. The van der Waals surface area contributed by atoms with Crippen molar-refractivity contribution in [1.82, 2.24) is 5.32 Å². The van der Waals surface area contributed by atoms with E-state index in [2.05, 4.69) is 10.7 Å². The summed E-state index contributed by atoms with van der Waals surface area (Å²) in [5, 5.41) is 14.8. The van der Waals surface area contributed by atoms with E-state index in [9.17, 15) is 5.11 Å². The standard InChI is InChI=1S/C8H11NOS/c10-7-5-9-3-1-8-6(7)2-4-11-8/h2,4,7,9-10H,1,3,5H2/t7-/m0/s1. The number of rotatable bonds is 0. The maximum atomic E-state index is 9.57. The molecule has 60 valence electrons. The Balaban J connectivity index is 2.34. The number of hydrogen-bond donors (Lipinski definition) is 2. The first-order chi connectivity index (χ1) is 5.38. The Hall–Kier alpha value is -0.380. The summed E-state index contributed by atoms with van der Waals surface area (Å²) in [5.74, 6) is 0. The lowest BCUT2D eigenvalue weighted by molar-refractivity contribution is 0.178. The van der Waals surface area contributed by atoms with Gasteiger partial charge in [-0.3, -0.25) is 0 Å². The van der Waals surface area contributed by atoms with Crippen molar-refractivity contribution in [1.29, 1.82) is 0 Å². The Morgan fingerprint density at radius 1 is 1.64 bits per heavy atom. The smallest absolute Gasteiger partial charge is 0.0925 e. The fourth-order valence-corrected chi connectivity index (χ4v) is 2.34. The molecule has 0 saturated heterocycles. The highest BCUT2D eigenvalue weighted by Crippen LogP contribution is 2.25. The van der Waals surface area contributed by atoms with Crippen molar-refractivity contribution >= 4 is 11.3 Å². The van der Waals surface area contributed by atoms with Crippen LogP contribution in [0.3, 0.4) is 0 Å². The lowest BCUT2D eigenvalue weighted by atomic mass is 10.1. The molecule has 0 spiro atoms. The molecule has 0 aromatic carbocycles.